The van der Waals surface area contributed by atoms with Crippen LogP contribution in [0.1, 0.15) is 39.4 Å². The highest BCUT2D eigenvalue weighted by atomic mass is 32.2. The van der Waals surface area contributed by atoms with Crippen molar-refractivity contribution in [2.75, 3.05) is 0 Å². The van der Waals surface area contributed by atoms with Crippen LogP contribution in [-0.2, 0) is 24.2 Å². The first-order chi connectivity index (χ1) is 16.0. The zero-order valence-electron chi connectivity index (χ0n) is 19.5. The van der Waals surface area contributed by atoms with E-state index in [4.69, 9.17) is 4.74 Å². The molecule has 0 spiro atoms. The molecule has 2 aliphatic rings. The Morgan fingerprint density at radius 1 is 0.971 bits per heavy atom. The van der Waals surface area contributed by atoms with Gasteiger partial charge in [-0.1, -0.05) is 54.1 Å². The highest BCUT2D eigenvalue weighted by Crippen LogP contribution is 2.39. The van der Waals surface area contributed by atoms with Crippen LogP contribution < -0.4 is 10.6 Å². The van der Waals surface area contributed by atoms with Gasteiger partial charge in [0.2, 0.25) is 15.7 Å². The van der Waals surface area contributed by atoms with Gasteiger partial charge in [0.25, 0.3) is 0 Å². The molecule has 34 heavy (non-hydrogen) atoms. The van der Waals surface area contributed by atoms with Crippen LogP contribution in [0.4, 0.5) is 0 Å². The van der Waals surface area contributed by atoms with E-state index >= 15 is 0 Å². The molecule has 0 saturated carbocycles. The van der Waals surface area contributed by atoms with Crippen LogP contribution in [0.15, 0.2) is 87.7 Å². The molecule has 0 aromatic heterocycles. The molecule has 1 heterocycles. The fourth-order valence-corrected chi connectivity index (χ4v) is 5.87. The summed E-state index contributed by atoms with van der Waals surface area (Å²) in [6.45, 7) is 6.85. The molecule has 0 bridgehead atoms. The van der Waals surface area contributed by atoms with E-state index in [0.29, 0.717) is 5.57 Å². The second kappa shape index (κ2) is 8.85. The Balaban J connectivity index is 1.85. The number of fused-ring (bicyclic) bond motifs is 1. The van der Waals surface area contributed by atoms with E-state index in [2.05, 4.69) is 10.6 Å². The molecular weight excluding hydrogens is 452 g/mol. The van der Waals surface area contributed by atoms with Gasteiger partial charge in [-0.25, -0.2) is 13.2 Å². The minimum atomic E-state index is -4.09. The lowest BCUT2D eigenvalue weighted by Crippen LogP contribution is -2.59. The molecule has 1 saturated heterocycles. The van der Waals surface area contributed by atoms with Crippen molar-refractivity contribution < 1.29 is 22.7 Å². The molecule has 1 aliphatic heterocycles. The van der Waals surface area contributed by atoms with Gasteiger partial charge in [0.1, 0.15) is 11.8 Å². The first-order valence-corrected chi connectivity index (χ1v) is 12.5. The molecule has 1 fully saturated rings. The maximum atomic E-state index is 13.6. The Morgan fingerprint density at radius 3 is 2.15 bits per heavy atom. The average molecular weight is 481 g/mol. The van der Waals surface area contributed by atoms with Crippen molar-refractivity contribution in [3.8, 4) is 0 Å². The normalized spacial score (nSPS) is 23.0. The van der Waals surface area contributed by atoms with E-state index in [-0.39, 0.29) is 15.4 Å². The van der Waals surface area contributed by atoms with E-state index in [0.717, 1.165) is 5.56 Å². The van der Waals surface area contributed by atoms with Gasteiger partial charge in [-0.3, -0.25) is 10.1 Å². The molecule has 3 atom stereocenters. The highest BCUT2D eigenvalue weighted by molar-refractivity contribution is 7.95. The number of hydrogen-bond donors (Lipinski definition) is 2. The van der Waals surface area contributed by atoms with Crippen molar-refractivity contribution in [2.24, 2.45) is 5.92 Å². The minimum absolute atomic E-state index is 0.0416. The van der Waals surface area contributed by atoms with Crippen LogP contribution in [0, 0.1) is 5.92 Å². The molecule has 7 nitrogen and oxygen atoms in total. The molecule has 8 heteroatoms. The van der Waals surface area contributed by atoms with Crippen molar-refractivity contribution in [1.82, 2.24) is 10.6 Å². The second-order valence-electron chi connectivity index (χ2n) is 9.46. The minimum Gasteiger partial charge on any atom is -0.457 e. The number of allylic oxidation sites excluding steroid dienone is 1. The quantitative estimate of drug-likeness (QED) is 0.651. The predicted molar refractivity (Wildman–Crippen MR) is 128 cm³/mol. The topological polar surface area (TPSA) is 102 Å². The lowest BCUT2D eigenvalue weighted by Gasteiger charge is -2.41. The summed E-state index contributed by atoms with van der Waals surface area (Å²) in [6.07, 6.45) is 1.00. The molecule has 3 unspecified atom stereocenters. The summed E-state index contributed by atoms with van der Waals surface area (Å²) >= 11 is 0. The Bertz CT molecular complexity index is 1280. The van der Waals surface area contributed by atoms with Crippen molar-refractivity contribution in [2.45, 2.75) is 50.4 Å². The van der Waals surface area contributed by atoms with Crippen molar-refractivity contribution in [3.63, 3.8) is 0 Å². The number of hydrogen-bond acceptors (Lipinski definition) is 6. The number of benzene rings is 2. The summed E-state index contributed by atoms with van der Waals surface area (Å²) in [7, 11) is -4.09. The summed E-state index contributed by atoms with van der Waals surface area (Å²) in [6, 6.07) is 16.7. The van der Waals surface area contributed by atoms with Gasteiger partial charge in [0.05, 0.1) is 21.3 Å². The van der Waals surface area contributed by atoms with Crippen LogP contribution in [0.3, 0.4) is 0 Å². The SMILES string of the molecule is CC1=CC(S(=O)(=O)c2ccccc2)=C(C(=O)OC(C)(C)C)C2C(=O)NC(c3ccccc3)NC12. The number of sulfone groups is 1. The molecule has 178 valence electrons. The molecule has 4 rings (SSSR count). The fraction of sp³-hybridized carbons (Fsp3) is 0.308. The van der Waals surface area contributed by atoms with Crippen LogP contribution in [0.2, 0.25) is 0 Å². The average Bonchev–Trinajstić information content (AvgIpc) is 2.79. The van der Waals surface area contributed by atoms with Gasteiger partial charge >= 0.3 is 5.97 Å². The zero-order chi connectivity index (χ0) is 24.7. The lowest BCUT2D eigenvalue weighted by molar-refractivity contribution is -0.152. The predicted octanol–water partition coefficient (Wildman–Crippen LogP) is 3.42. The van der Waals surface area contributed by atoms with Crippen LogP contribution in [0.25, 0.3) is 0 Å². The third-order valence-corrected chi connectivity index (χ3v) is 7.58. The van der Waals surface area contributed by atoms with Crippen LogP contribution in [0.5, 0.6) is 0 Å². The van der Waals surface area contributed by atoms with E-state index in [9.17, 15) is 18.0 Å². The Morgan fingerprint density at radius 2 is 1.56 bits per heavy atom. The summed E-state index contributed by atoms with van der Waals surface area (Å²) in [5, 5.41) is 6.27. The maximum Gasteiger partial charge on any atom is 0.336 e. The van der Waals surface area contributed by atoms with Crippen molar-refractivity contribution >= 4 is 21.7 Å². The zero-order valence-corrected chi connectivity index (χ0v) is 20.3. The van der Waals surface area contributed by atoms with Crippen molar-refractivity contribution in [1.29, 1.82) is 0 Å². The van der Waals surface area contributed by atoms with Gasteiger partial charge in [-0.15, -0.1) is 0 Å². The monoisotopic (exact) mass is 480 g/mol. The van der Waals surface area contributed by atoms with Gasteiger partial charge in [-0.2, -0.15) is 0 Å². The molecule has 1 aliphatic carbocycles. The molecule has 2 aromatic rings. The molecule has 0 radical (unpaired) electrons. The standard InChI is InChI=1S/C26H28N2O5S/c1-16-15-19(34(31,32)18-13-9-6-10-14-18)20(25(30)33-26(2,3)4)21-22(16)27-23(28-24(21)29)17-11-7-5-8-12-17/h5-15,21-23,27H,1-4H3,(H,28,29). The number of amides is 1. The maximum absolute atomic E-state index is 13.6. The lowest BCUT2D eigenvalue weighted by atomic mass is 9.80. The summed E-state index contributed by atoms with van der Waals surface area (Å²) < 4.78 is 32.8. The van der Waals surface area contributed by atoms with Gasteiger partial charge < -0.3 is 10.1 Å². The van der Waals surface area contributed by atoms with Gasteiger partial charge in [0, 0.05) is 6.04 Å². The van der Waals surface area contributed by atoms with Gasteiger partial charge in [0.15, 0.2) is 0 Å². The summed E-state index contributed by atoms with van der Waals surface area (Å²) in [5.41, 5.74) is 0.462. The fourth-order valence-electron chi connectivity index (χ4n) is 4.26. The first kappa shape index (κ1) is 23.9. The Hall–Kier alpha value is -3.23. The summed E-state index contributed by atoms with van der Waals surface area (Å²) in [5.74, 6) is -2.32. The van der Waals surface area contributed by atoms with Gasteiger partial charge in [-0.05, 0) is 51.5 Å². The van der Waals surface area contributed by atoms with Crippen LogP contribution in [-0.4, -0.2) is 31.9 Å². The summed E-state index contributed by atoms with van der Waals surface area (Å²) in [4.78, 5) is 26.6. The molecule has 2 aromatic carbocycles. The number of ether oxygens (including phenoxy) is 1. The van der Waals surface area contributed by atoms with E-state index < -0.39 is 45.4 Å². The van der Waals surface area contributed by atoms with E-state index in [1.807, 2.05) is 30.3 Å². The Kier molecular flexibility index (Phi) is 6.22. The molecule has 2 N–H and O–H groups in total. The first-order valence-electron chi connectivity index (χ1n) is 11.1. The smallest absolute Gasteiger partial charge is 0.336 e. The molecule has 1 amide bonds. The van der Waals surface area contributed by atoms with E-state index in [1.165, 1.54) is 18.2 Å². The van der Waals surface area contributed by atoms with E-state index in [1.54, 1.807) is 45.9 Å². The number of esters is 1. The largest absolute Gasteiger partial charge is 0.457 e. The highest BCUT2D eigenvalue weighted by Gasteiger charge is 2.48. The second-order valence-corrected chi connectivity index (χ2v) is 11.4. The third-order valence-electron chi connectivity index (χ3n) is 5.77. The Labute approximate surface area is 199 Å². The number of nitrogens with one attached hydrogen (secondary N) is 2. The third kappa shape index (κ3) is 4.56. The van der Waals surface area contributed by atoms with Crippen LogP contribution >= 0.6 is 0 Å². The molecular formula is C26H28N2O5S. The number of carbonyl (C=O) groups is 2. The number of rotatable bonds is 4. The number of carbonyl (C=O) groups excluding carboxylic acids is 2. The van der Waals surface area contributed by atoms with Crippen molar-refractivity contribution in [3.05, 3.63) is 88.4 Å².